The summed E-state index contributed by atoms with van der Waals surface area (Å²) in [5.41, 5.74) is 0. The zero-order valence-electron chi connectivity index (χ0n) is 51.3. The van der Waals surface area contributed by atoms with Crippen molar-refractivity contribution in [3.8, 4) is 0 Å². The van der Waals surface area contributed by atoms with Gasteiger partial charge in [-0.15, -0.1) is 0 Å². The molecule has 0 fully saturated rings. The van der Waals surface area contributed by atoms with E-state index in [1.165, 1.54) is 295 Å². The van der Waals surface area contributed by atoms with E-state index in [4.69, 9.17) is 4.74 Å². The van der Waals surface area contributed by atoms with Crippen LogP contribution in [-0.2, 0) is 4.74 Å². The maximum atomic E-state index is 11.2. The molecule has 0 aliphatic heterocycles. The highest BCUT2D eigenvalue weighted by Gasteiger charge is 2.31. The lowest BCUT2D eigenvalue weighted by molar-refractivity contribution is -0.203. The first kappa shape index (κ1) is 73.8. The minimum absolute atomic E-state index is 0.00385. The van der Waals surface area contributed by atoms with E-state index in [0.717, 1.165) is 51.4 Å². The molecule has 0 amide bonds. The van der Waals surface area contributed by atoms with Crippen molar-refractivity contribution in [2.24, 2.45) is 5.92 Å². The third-order valence-electron chi connectivity index (χ3n) is 17.1. The Hall–Kier alpha value is -0.240. The maximum Gasteiger partial charge on any atom is 0.181 e. The van der Waals surface area contributed by atoms with Crippen LogP contribution in [0.3, 0.4) is 0 Å². The normalized spacial score (nSPS) is 14.9. The van der Waals surface area contributed by atoms with Gasteiger partial charge in [0.25, 0.3) is 0 Å². The summed E-state index contributed by atoms with van der Waals surface area (Å²) >= 11 is 0. The molecule has 6 nitrogen and oxygen atoms in total. The van der Waals surface area contributed by atoms with Gasteiger partial charge in [-0.3, -0.25) is 5.32 Å². The van der Waals surface area contributed by atoms with Crippen molar-refractivity contribution in [3.63, 3.8) is 0 Å². The minimum atomic E-state index is -1.22. The number of rotatable bonds is 64. The summed E-state index contributed by atoms with van der Waals surface area (Å²) in [4.78, 5) is 0. The van der Waals surface area contributed by atoms with Crippen LogP contribution in [0.1, 0.15) is 394 Å². The zero-order chi connectivity index (χ0) is 54.1. The highest BCUT2D eigenvalue weighted by molar-refractivity contribution is 4.83. The van der Waals surface area contributed by atoms with Gasteiger partial charge in [0.15, 0.2) is 6.29 Å². The standard InChI is InChI=1S/C68H139NO5/c1-6-10-13-16-19-22-25-28-30-32-34-36-38-40-42-44-47-50-53-56-59-64(70)67(72)69-63(9-4)62(5)66(61-58-55-52-49-46-27-24-21-18-15-12-8-3)74-68(73)65(71)60-57-54-51-48-45-43-41-39-37-35-33-31-29-26-23-20-17-14-11-7-2/h62-73H,6-61H2,1-5H3. The minimum Gasteiger partial charge on any atom is -0.389 e. The molecular weight excluding hydrogens is 911 g/mol. The van der Waals surface area contributed by atoms with Crippen LogP contribution >= 0.6 is 0 Å². The number of nitrogens with one attached hydrogen (secondary N) is 1. The Morgan fingerprint density at radius 2 is 0.500 bits per heavy atom. The van der Waals surface area contributed by atoms with Crippen LogP contribution in [0.5, 0.6) is 0 Å². The Morgan fingerprint density at radius 1 is 0.284 bits per heavy atom. The van der Waals surface area contributed by atoms with Gasteiger partial charge in [-0.25, -0.2) is 0 Å². The second-order valence-electron chi connectivity index (χ2n) is 24.4. The van der Waals surface area contributed by atoms with E-state index in [9.17, 15) is 20.4 Å². The maximum absolute atomic E-state index is 11.2. The fraction of sp³-hybridized carbons (Fsp3) is 1.00. The highest BCUT2D eigenvalue weighted by atomic mass is 16.6. The van der Waals surface area contributed by atoms with E-state index < -0.39 is 24.7 Å². The van der Waals surface area contributed by atoms with E-state index in [2.05, 4.69) is 39.9 Å². The Labute approximate surface area is 465 Å². The molecule has 0 heterocycles. The average molecular weight is 1050 g/mol. The molecule has 0 rings (SSSR count). The van der Waals surface area contributed by atoms with Crippen molar-refractivity contribution in [1.29, 1.82) is 0 Å². The Morgan fingerprint density at radius 3 is 0.743 bits per heavy atom. The summed E-state index contributed by atoms with van der Waals surface area (Å²) in [5, 5.41) is 47.9. The molecule has 0 bridgehead atoms. The molecule has 7 unspecified atom stereocenters. The van der Waals surface area contributed by atoms with Crippen molar-refractivity contribution < 1.29 is 25.2 Å². The van der Waals surface area contributed by atoms with Crippen LogP contribution in [0.25, 0.3) is 0 Å². The molecule has 74 heavy (non-hydrogen) atoms. The molecule has 0 aromatic carbocycles. The van der Waals surface area contributed by atoms with Gasteiger partial charge in [-0.1, -0.05) is 369 Å². The number of aliphatic hydroxyl groups is 4. The smallest absolute Gasteiger partial charge is 0.181 e. The molecule has 0 aliphatic rings. The number of ether oxygens (including phenoxy) is 1. The molecule has 0 aromatic rings. The van der Waals surface area contributed by atoms with Crippen LogP contribution < -0.4 is 5.32 Å². The molecule has 0 saturated heterocycles. The zero-order valence-corrected chi connectivity index (χ0v) is 51.3. The molecule has 0 saturated carbocycles. The number of hydrogen-bond acceptors (Lipinski definition) is 6. The lowest BCUT2D eigenvalue weighted by Gasteiger charge is -2.35. The predicted octanol–water partition coefficient (Wildman–Crippen LogP) is 21.2. The summed E-state index contributed by atoms with van der Waals surface area (Å²) in [6.45, 7) is 11.2. The van der Waals surface area contributed by atoms with Gasteiger partial charge in [0.2, 0.25) is 0 Å². The van der Waals surface area contributed by atoms with Crippen molar-refractivity contribution in [2.75, 3.05) is 0 Å². The molecule has 0 spiro atoms. The second-order valence-corrected chi connectivity index (χ2v) is 24.4. The molecule has 0 aromatic heterocycles. The third-order valence-corrected chi connectivity index (χ3v) is 17.1. The van der Waals surface area contributed by atoms with Crippen LogP contribution in [0, 0.1) is 5.92 Å². The van der Waals surface area contributed by atoms with Crippen LogP contribution in [0.4, 0.5) is 0 Å². The quantitative estimate of drug-likeness (QED) is 0.0307. The fourth-order valence-corrected chi connectivity index (χ4v) is 11.7. The monoisotopic (exact) mass is 1050 g/mol. The summed E-state index contributed by atoms with van der Waals surface area (Å²) in [6, 6.07) is -0.0780. The van der Waals surface area contributed by atoms with E-state index in [0.29, 0.717) is 12.8 Å². The SMILES string of the molecule is CCCCCCCCCCCCCCCCCCCCCCC(O)C(O)NC(CC)C(C)C(CCCCCCCCCCCCCC)OC(O)C(O)CCCCCCCCCCCCCCCCCCCCCC. The highest BCUT2D eigenvalue weighted by Crippen LogP contribution is 2.26. The lowest BCUT2D eigenvalue weighted by atomic mass is 9.89. The van der Waals surface area contributed by atoms with Crippen LogP contribution in [0.2, 0.25) is 0 Å². The summed E-state index contributed by atoms with van der Waals surface area (Å²) in [7, 11) is 0. The molecule has 0 radical (unpaired) electrons. The first-order valence-electron chi connectivity index (χ1n) is 34.5. The Bertz CT molecular complexity index is 1030. The van der Waals surface area contributed by atoms with Gasteiger partial charge in [-0.05, 0) is 31.6 Å². The van der Waals surface area contributed by atoms with E-state index >= 15 is 0 Å². The van der Waals surface area contributed by atoms with Crippen LogP contribution in [0.15, 0.2) is 0 Å². The largest absolute Gasteiger partial charge is 0.389 e. The topological polar surface area (TPSA) is 102 Å². The molecule has 0 aliphatic carbocycles. The molecule has 5 N–H and O–H groups in total. The summed E-state index contributed by atoms with van der Waals surface area (Å²) in [5.74, 6) is -0.00385. The van der Waals surface area contributed by atoms with Gasteiger partial charge in [0, 0.05) is 6.04 Å². The first-order valence-corrected chi connectivity index (χ1v) is 34.5. The van der Waals surface area contributed by atoms with Gasteiger partial charge < -0.3 is 25.2 Å². The molecular formula is C68H139NO5. The van der Waals surface area contributed by atoms with E-state index in [1.54, 1.807) is 0 Å². The molecule has 7 atom stereocenters. The summed E-state index contributed by atoms with van der Waals surface area (Å²) in [6.07, 6.45) is 68.0. The van der Waals surface area contributed by atoms with Crippen LogP contribution in [-0.4, -0.2) is 57.3 Å². The van der Waals surface area contributed by atoms with Gasteiger partial charge in [0.1, 0.15) is 12.3 Å². The van der Waals surface area contributed by atoms with Crippen molar-refractivity contribution >= 4 is 0 Å². The average Bonchev–Trinajstić information content (AvgIpc) is 3.40. The third kappa shape index (κ3) is 51.2. The first-order chi connectivity index (χ1) is 36.3. The van der Waals surface area contributed by atoms with Gasteiger partial charge >= 0.3 is 0 Å². The van der Waals surface area contributed by atoms with E-state index in [1.807, 2.05) is 0 Å². The number of aliphatic hydroxyl groups excluding tert-OH is 4. The van der Waals surface area contributed by atoms with Crippen molar-refractivity contribution in [3.05, 3.63) is 0 Å². The fourth-order valence-electron chi connectivity index (χ4n) is 11.7. The molecule has 446 valence electrons. The number of hydrogen-bond donors (Lipinski definition) is 5. The van der Waals surface area contributed by atoms with Gasteiger partial charge in [0.05, 0.1) is 12.2 Å². The second kappa shape index (κ2) is 60.4. The van der Waals surface area contributed by atoms with Gasteiger partial charge in [-0.2, -0.15) is 0 Å². The summed E-state index contributed by atoms with van der Waals surface area (Å²) < 4.78 is 6.39. The van der Waals surface area contributed by atoms with Crippen molar-refractivity contribution in [2.45, 2.75) is 431 Å². The Kier molecular flexibility index (Phi) is 60.2. The Balaban J connectivity index is 4.53. The lowest BCUT2D eigenvalue weighted by Crippen LogP contribution is -2.51. The predicted molar refractivity (Wildman–Crippen MR) is 326 cm³/mol. The van der Waals surface area contributed by atoms with E-state index in [-0.39, 0.29) is 18.1 Å². The number of unbranched alkanes of at least 4 members (excludes halogenated alkanes) is 49. The molecule has 6 heteroatoms. The van der Waals surface area contributed by atoms with Crippen molar-refractivity contribution in [1.82, 2.24) is 5.32 Å².